The Hall–Kier alpha value is -0.0800. The van der Waals surface area contributed by atoms with Gasteiger partial charge in [-0.15, -0.1) is 0 Å². The highest BCUT2D eigenvalue weighted by atomic mass is 16.3. The molecule has 0 amide bonds. The monoisotopic (exact) mass is 239 g/mol. The maximum Gasteiger partial charge on any atom is 0.0456 e. The van der Waals surface area contributed by atoms with E-state index in [1.54, 1.807) is 0 Å². The SMILES string of the molecule is CC(CO)CCCN1CC2(CCCCCC2)C1. The van der Waals surface area contributed by atoms with E-state index in [-0.39, 0.29) is 0 Å². The molecule has 100 valence electrons. The van der Waals surface area contributed by atoms with Crippen molar-refractivity contribution in [2.75, 3.05) is 26.2 Å². The lowest BCUT2D eigenvalue weighted by Crippen LogP contribution is -2.56. The highest BCUT2D eigenvalue weighted by Crippen LogP contribution is 2.42. The van der Waals surface area contributed by atoms with Crippen molar-refractivity contribution < 1.29 is 5.11 Å². The average molecular weight is 239 g/mol. The molecule has 1 saturated heterocycles. The van der Waals surface area contributed by atoms with Crippen LogP contribution in [0, 0.1) is 11.3 Å². The summed E-state index contributed by atoms with van der Waals surface area (Å²) in [6, 6.07) is 0. The van der Waals surface area contributed by atoms with Crippen molar-refractivity contribution in [3.63, 3.8) is 0 Å². The van der Waals surface area contributed by atoms with Gasteiger partial charge >= 0.3 is 0 Å². The van der Waals surface area contributed by atoms with Crippen LogP contribution in [0.3, 0.4) is 0 Å². The minimum Gasteiger partial charge on any atom is -0.396 e. The Morgan fingerprint density at radius 1 is 1.12 bits per heavy atom. The standard InChI is InChI=1S/C15H29NO/c1-14(11-17)7-6-10-16-12-15(13-16)8-4-2-3-5-9-15/h14,17H,2-13H2,1H3. The number of likely N-dealkylation sites (tertiary alicyclic amines) is 1. The number of rotatable bonds is 5. The Bertz CT molecular complexity index is 213. The van der Waals surface area contributed by atoms with Crippen LogP contribution in [0.2, 0.25) is 0 Å². The fourth-order valence-electron chi connectivity index (χ4n) is 3.61. The largest absolute Gasteiger partial charge is 0.396 e. The van der Waals surface area contributed by atoms with Crippen LogP contribution in [0.5, 0.6) is 0 Å². The zero-order valence-electron chi connectivity index (χ0n) is 11.5. The lowest BCUT2D eigenvalue weighted by atomic mass is 9.73. The van der Waals surface area contributed by atoms with Crippen LogP contribution >= 0.6 is 0 Å². The van der Waals surface area contributed by atoms with Gasteiger partial charge in [0.05, 0.1) is 0 Å². The zero-order chi connectivity index (χ0) is 12.1. The van der Waals surface area contributed by atoms with E-state index in [0.29, 0.717) is 12.5 Å². The minimum atomic E-state index is 0.351. The predicted octanol–water partition coefficient (Wildman–Crippen LogP) is 3.05. The van der Waals surface area contributed by atoms with Crippen molar-refractivity contribution in [2.45, 2.75) is 58.3 Å². The number of aliphatic hydroxyl groups excluding tert-OH is 1. The normalized spacial score (nSPS) is 26.5. The third-order valence-corrected chi connectivity index (χ3v) is 4.77. The molecule has 1 unspecified atom stereocenters. The Morgan fingerprint density at radius 2 is 1.76 bits per heavy atom. The Kier molecular flexibility index (Phi) is 4.87. The second-order valence-corrected chi connectivity index (χ2v) is 6.55. The Labute approximate surface area is 106 Å². The van der Waals surface area contributed by atoms with Crippen LogP contribution in [0.1, 0.15) is 58.3 Å². The summed E-state index contributed by atoms with van der Waals surface area (Å²) < 4.78 is 0. The summed E-state index contributed by atoms with van der Waals surface area (Å²) in [5.41, 5.74) is 0.721. The number of aliphatic hydroxyl groups is 1. The predicted molar refractivity (Wildman–Crippen MR) is 72.1 cm³/mol. The molecule has 0 radical (unpaired) electrons. The molecule has 1 aliphatic heterocycles. The van der Waals surface area contributed by atoms with Gasteiger partial charge in [0.15, 0.2) is 0 Å². The second kappa shape index (κ2) is 6.19. The number of hydrogen-bond donors (Lipinski definition) is 1. The molecule has 1 spiro atoms. The van der Waals surface area contributed by atoms with Gasteiger partial charge < -0.3 is 10.0 Å². The summed E-state index contributed by atoms with van der Waals surface area (Å²) in [5, 5.41) is 8.99. The first-order chi connectivity index (χ1) is 8.24. The smallest absolute Gasteiger partial charge is 0.0456 e. The topological polar surface area (TPSA) is 23.5 Å². The van der Waals surface area contributed by atoms with Gasteiger partial charge in [0.25, 0.3) is 0 Å². The van der Waals surface area contributed by atoms with E-state index in [1.807, 2.05) is 0 Å². The van der Waals surface area contributed by atoms with Crippen LogP contribution < -0.4 is 0 Å². The summed E-state index contributed by atoms with van der Waals surface area (Å²) in [7, 11) is 0. The molecule has 0 aromatic rings. The van der Waals surface area contributed by atoms with Crippen molar-refractivity contribution in [2.24, 2.45) is 11.3 Å². The van der Waals surface area contributed by atoms with Gasteiger partial charge in [0, 0.05) is 19.7 Å². The molecule has 2 rings (SSSR count). The van der Waals surface area contributed by atoms with Crippen molar-refractivity contribution >= 4 is 0 Å². The number of hydrogen-bond acceptors (Lipinski definition) is 2. The Balaban J connectivity index is 1.61. The van der Waals surface area contributed by atoms with E-state index in [9.17, 15) is 0 Å². The van der Waals surface area contributed by atoms with E-state index in [4.69, 9.17) is 5.11 Å². The van der Waals surface area contributed by atoms with E-state index < -0.39 is 0 Å². The van der Waals surface area contributed by atoms with Crippen molar-refractivity contribution in [1.29, 1.82) is 0 Å². The van der Waals surface area contributed by atoms with Crippen LogP contribution in [-0.4, -0.2) is 36.2 Å². The average Bonchev–Trinajstić information content (AvgIpc) is 2.53. The quantitative estimate of drug-likeness (QED) is 0.797. The molecular formula is C15H29NO. The summed E-state index contributed by atoms with van der Waals surface area (Å²) in [5.74, 6) is 0.489. The van der Waals surface area contributed by atoms with E-state index in [2.05, 4.69) is 11.8 Å². The molecule has 2 fully saturated rings. The summed E-state index contributed by atoms with van der Waals surface area (Å²) in [6.07, 6.45) is 11.3. The lowest BCUT2D eigenvalue weighted by molar-refractivity contribution is -0.0132. The highest BCUT2D eigenvalue weighted by Gasteiger charge is 2.41. The molecule has 1 heterocycles. The van der Waals surface area contributed by atoms with Gasteiger partial charge in [-0.2, -0.15) is 0 Å². The third kappa shape index (κ3) is 3.69. The summed E-state index contributed by atoms with van der Waals surface area (Å²) in [4.78, 5) is 2.63. The molecule has 1 saturated carbocycles. The molecule has 2 aliphatic rings. The van der Waals surface area contributed by atoms with E-state index in [1.165, 1.54) is 71.0 Å². The molecule has 1 N–H and O–H groups in total. The van der Waals surface area contributed by atoms with Crippen LogP contribution in [-0.2, 0) is 0 Å². The van der Waals surface area contributed by atoms with Crippen LogP contribution in [0.25, 0.3) is 0 Å². The molecule has 17 heavy (non-hydrogen) atoms. The first kappa shape index (κ1) is 13.4. The summed E-state index contributed by atoms with van der Waals surface area (Å²) in [6.45, 7) is 6.47. The van der Waals surface area contributed by atoms with Crippen molar-refractivity contribution in [3.05, 3.63) is 0 Å². The molecule has 0 aromatic carbocycles. The molecule has 0 aromatic heterocycles. The van der Waals surface area contributed by atoms with Crippen molar-refractivity contribution in [1.82, 2.24) is 4.90 Å². The zero-order valence-corrected chi connectivity index (χ0v) is 11.5. The molecule has 2 heteroatoms. The molecule has 2 nitrogen and oxygen atoms in total. The maximum absolute atomic E-state index is 8.99. The van der Waals surface area contributed by atoms with Gasteiger partial charge in [-0.25, -0.2) is 0 Å². The summed E-state index contributed by atoms with van der Waals surface area (Å²) >= 11 is 0. The van der Waals surface area contributed by atoms with Gasteiger partial charge in [0.1, 0.15) is 0 Å². The first-order valence-electron chi connectivity index (χ1n) is 7.57. The Morgan fingerprint density at radius 3 is 2.35 bits per heavy atom. The second-order valence-electron chi connectivity index (χ2n) is 6.55. The van der Waals surface area contributed by atoms with E-state index in [0.717, 1.165) is 5.41 Å². The van der Waals surface area contributed by atoms with Crippen LogP contribution in [0.15, 0.2) is 0 Å². The minimum absolute atomic E-state index is 0.351. The molecular weight excluding hydrogens is 210 g/mol. The van der Waals surface area contributed by atoms with Gasteiger partial charge in [-0.05, 0) is 43.6 Å². The third-order valence-electron chi connectivity index (χ3n) is 4.77. The molecule has 1 atom stereocenters. The van der Waals surface area contributed by atoms with Gasteiger partial charge in [0.2, 0.25) is 0 Å². The number of nitrogens with zero attached hydrogens (tertiary/aromatic N) is 1. The van der Waals surface area contributed by atoms with Crippen LogP contribution in [0.4, 0.5) is 0 Å². The molecule has 0 bridgehead atoms. The first-order valence-corrected chi connectivity index (χ1v) is 7.57. The fourth-order valence-corrected chi connectivity index (χ4v) is 3.61. The lowest BCUT2D eigenvalue weighted by Gasteiger charge is -2.50. The van der Waals surface area contributed by atoms with E-state index >= 15 is 0 Å². The van der Waals surface area contributed by atoms with Gasteiger partial charge in [-0.1, -0.05) is 32.6 Å². The highest BCUT2D eigenvalue weighted by molar-refractivity contribution is 4.95. The molecule has 1 aliphatic carbocycles. The maximum atomic E-state index is 8.99. The fraction of sp³-hybridized carbons (Fsp3) is 1.00. The van der Waals surface area contributed by atoms with Crippen molar-refractivity contribution in [3.8, 4) is 0 Å². The van der Waals surface area contributed by atoms with Gasteiger partial charge in [-0.3, -0.25) is 0 Å².